The number of hydrogen-bond donors (Lipinski definition) is 2. The molecule has 0 aromatic heterocycles. The summed E-state index contributed by atoms with van der Waals surface area (Å²) in [4.78, 5) is 2.25. The van der Waals surface area contributed by atoms with Gasteiger partial charge in [0.25, 0.3) is 0 Å². The fraction of sp³-hybridized carbons (Fsp3) is 0.462. The van der Waals surface area contributed by atoms with Crippen molar-refractivity contribution in [2.75, 3.05) is 11.9 Å². The van der Waals surface area contributed by atoms with Gasteiger partial charge in [0.1, 0.15) is 5.84 Å². The standard InChI is InChI=1S/C13H20BrN3/c1-4-5-9(2)17(3)12-7-6-10(13(15)16)8-11(12)14/h6-9H,4-5H2,1-3H3,(H3,15,16). The summed E-state index contributed by atoms with van der Waals surface area (Å²) in [6.45, 7) is 4.41. The number of hydrogen-bond acceptors (Lipinski definition) is 2. The molecule has 0 aliphatic carbocycles. The Morgan fingerprint density at radius 2 is 2.18 bits per heavy atom. The third-order valence-corrected chi connectivity index (χ3v) is 3.64. The van der Waals surface area contributed by atoms with Gasteiger partial charge in [-0.05, 0) is 47.5 Å². The van der Waals surface area contributed by atoms with Crippen molar-refractivity contribution in [1.82, 2.24) is 0 Å². The van der Waals surface area contributed by atoms with E-state index in [-0.39, 0.29) is 5.84 Å². The third kappa shape index (κ3) is 3.46. The van der Waals surface area contributed by atoms with E-state index in [0.717, 1.165) is 22.1 Å². The quantitative estimate of drug-likeness (QED) is 0.647. The van der Waals surface area contributed by atoms with E-state index >= 15 is 0 Å². The van der Waals surface area contributed by atoms with Crippen LogP contribution in [0.2, 0.25) is 0 Å². The van der Waals surface area contributed by atoms with E-state index in [1.54, 1.807) is 0 Å². The molecule has 1 unspecified atom stereocenters. The average Bonchev–Trinajstić information content (AvgIpc) is 2.28. The van der Waals surface area contributed by atoms with Crippen LogP contribution in [0.25, 0.3) is 0 Å². The summed E-state index contributed by atoms with van der Waals surface area (Å²) in [5.41, 5.74) is 7.35. The van der Waals surface area contributed by atoms with Gasteiger partial charge in [-0.25, -0.2) is 0 Å². The Balaban J connectivity index is 2.95. The monoisotopic (exact) mass is 297 g/mol. The summed E-state index contributed by atoms with van der Waals surface area (Å²) in [5.74, 6) is 0.0986. The Hall–Kier alpha value is -1.03. The van der Waals surface area contributed by atoms with Gasteiger partial charge >= 0.3 is 0 Å². The molecule has 0 aliphatic heterocycles. The van der Waals surface area contributed by atoms with Crippen LogP contribution in [0, 0.1) is 5.41 Å². The number of halogens is 1. The summed E-state index contributed by atoms with van der Waals surface area (Å²) in [6, 6.07) is 6.29. The smallest absolute Gasteiger partial charge is 0.122 e. The van der Waals surface area contributed by atoms with Crippen LogP contribution < -0.4 is 10.6 Å². The maximum absolute atomic E-state index is 7.40. The van der Waals surface area contributed by atoms with Crippen molar-refractivity contribution in [2.24, 2.45) is 5.73 Å². The molecule has 0 radical (unpaired) electrons. The number of nitrogens with zero attached hydrogens (tertiary/aromatic N) is 1. The first-order chi connectivity index (χ1) is 7.97. The zero-order valence-corrected chi connectivity index (χ0v) is 12.2. The lowest BCUT2D eigenvalue weighted by Crippen LogP contribution is -2.29. The number of nitrogens with one attached hydrogen (secondary N) is 1. The normalized spacial score (nSPS) is 12.2. The summed E-state index contributed by atoms with van der Waals surface area (Å²) in [5, 5.41) is 7.40. The van der Waals surface area contributed by atoms with Crippen LogP contribution in [-0.2, 0) is 0 Å². The molecule has 0 fully saturated rings. The molecule has 1 atom stereocenters. The maximum Gasteiger partial charge on any atom is 0.122 e. The van der Waals surface area contributed by atoms with E-state index in [2.05, 4.69) is 41.7 Å². The molecule has 0 spiro atoms. The number of nitrogen functional groups attached to an aromatic ring is 1. The third-order valence-electron chi connectivity index (χ3n) is 3.01. The molecular formula is C13H20BrN3. The molecule has 0 saturated carbocycles. The van der Waals surface area contributed by atoms with E-state index in [0.29, 0.717) is 6.04 Å². The van der Waals surface area contributed by atoms with Gasteiger partial charge in [0.05, 0.1) is 5.69 Å². The van der Waals surface area contributed by atoms with Crippen LogP contribution in [0.1, 0.15) is 32.3 Å². The summed E-state index contributed by atoms with van der Waals surface area (Å²) in [6.07, 6.45) is 2.34. The Kier molecular flexibility index (Phi) is 5.00. The number of anilines is 1. The highest BCUT2D eigenvalue weighted by Crippen LogP contribution is 2.28. The fourth-order valence-electron chi connectivity index (χ4n) is 1.81. The highest BCUT2D eigenvalue weighted by molar-refractivity contribution is 9.10. The van der Waals surface area contributed by atoms with Gasteiger partial charge in [-0.15, -0.1) is 0 Å². The molecule has 17 heavy (non-hydrogen) atoms. The largest absolute Gasteiger partial charge is 0.384 e. The Bertz CT molecular complexity index is 404. The first-order valence-corrected chi connectivity index (χ1v) is 6.63. The Morgan fingerprint density at radius 1 is 1.53 bits per heavy atom. The van der Waals surface area contributed by atoms with Gasteiger partial charge in [-0.2, -0.15) is 0 Å². The molecule has 94 valence electrons. The van der Waals surface area contributed by atoms with Crippen LogP contribution >= 0.6 is 15.9 Å². The number of rotatable bonds is 5. The topological polar surface area (TPSA) is 53.1 Å². The summed E-state index contributed by atoms with van der Waals surface area (Å²) in [7, 11) is 2.09. The van der Waals surface area contributed by atoms with Crippen molar-refractivity contribution in [1.29, 1.82) is 5.41 Å². The molecule has 3 N–H and O–H groups in total. The predicted octanol–water partition coefficient (Wildman–Crippen LogP) is 3.36. The molecule has 4 heteroatoms. The second-order valence-corrected chi connectivity index (χ2v) is 5.18. The van der Waals surface area contributed by atoms with Gasteiger partial charge in [-0.3, -0.25) is 5.41 Å². The fourth-order valence-corrected chi connectivity index (χ4v) is 2.47. The van der Waals surface area contributed by atoms with Gasteiger partial charge < -0.3 is 10.6 Å². The van der Waals surface area contributed by atoms with E-state index in [1.165, 1.54) is 6.42 Å². The van der Waals surface area contributed by atoms with Gasteiger partial charge in [0, 0.05) is 23.1 Å². The molecule has 3 nitrogen and oxygen atoms in total. The Morgan fingerprint density at radius 3 is 2.65 bits per heavy atom. The lowest BCUT2D eigenvalue weighted by molar-refractivity contribution is 0.615. The number of benzene rings is 1. The van der Waals surface area contributed by atoms with Crippen molar-refractivity contribution in [3.63, 3.8) is 0 Å². The molecule has 1 aromatic rings. The molecule has 0 aliphatic rings. The van der Waals surface area contributed by atoms with Crippen molar-refractivity contribution in [2.45, 2.75) is 32.7 Å². The zero-order valence-electron chi connectivity index (χ0n) is 10.6. The lowest BCUT2D eigenvalue weighted by Gasteiger charge is -2.28. The van der Waals surface area contributed by atoms with Crippen LogP contribution in [0.3, 0.4) is 0 Å². The van der Waals surface area contributed by atoms with Crippen LogP contribution in [0.4, 0.5) is 5.69 Å². The average molecular weight is 298 g/mol. The van der Waals surface area contributed by atoms with Crippen molar-refractivity contribution in [3.8, 4) is 0 Å². The molecule has 0 amide bonds. The number of nitrogens with two attached hydrogens (primary N) is 1. The first-order valence-electron chi connectivity index (χ1n) is 5.84. The van der Waals surface area contributed by atoms with Crippen molar-refractivity contribution in [3.05, 3.63) is 28.2 Å². The molecule has 0 bridgehead atoms. The SMILES string of the molecule is CCCC(C)N(C)c1ccc(C(=N)N)cc1Br. The van der Waals surface area contributed by atoms with Gasteiger partial charge in [0.2, 0.25) is 0 Å². The van der Waals surface area contributed by atoms with E-state index in [1.807, 2.05) is 18.2 Å². The molecule has 1 rings (SSSR count). The summed E-state index contributed by atoms with van der Waals surface area (Å²) >= 11 is 3.54. The molecular weight excluding hydrogens is 278 g/mol. The van der Waals surface area contributed by atoms with Crippen molar-refractivity contribution >= 4 is 27.5 Å². The predicted molar refractivity (Wildman–Crippen MR) is 77.9 cm³/mol. The highest BCUT2D eigenvalue weighted by atomic mass is 79.9. The zero-order chi connectivity index (χ0) is 13.0. The second kappa shape index (κ2) is 6.05. The van der Waals surface area contributed by atoms with E-state index in [4.69, 9.17) is 11.1 Å². The van der Waals surface area contributed by atoms with Gasteiger partial charge in [0.15, 0.2) is 0 Å². The van der Waals surface area contributed by atoms with E-state index < -0.39 is 0 Å². The lowest BCUT2D eigenvalue weighted by atomic mass is 10.1. The first kappa shape index (κ1) is 14.0. The highest BCUT2D eigenvalue weighted by Gasteiger charge is 2.12. The summed E-state index contributed by atoms with van der Waals surface area (Å²) < 4.78 is 0.982. The van der Waals surface area contributed by atoms with Crippen LogP contribution in [0.5, 0.6) is 0 Å². The van der Waals surface area contributed by atoms with Crippen molar-refractivity contribution < 1.29 is 0 Å². The van der Waals surface area contributed by atoms with E-state index in [9.17, 15) is 0 Å². The molecule has 0 saturated heterocycles. The Labute approximate surface area is 112 Å². The molecule has 0 heterocycles. The van der Waals surface area contributed by atoms with Crippen LogP contribution in [0.15, 0.2) is 22.7 Å². The van der Waals surface area contributed by atoms with Gasteiger partial charge in [-0.1, -0.05) is 13.3 Å². The molecule has 1 aromatic carbocycles. The number of amidine groups is 1. The maximum atomic E-state index is 7.40. The minimum atomic E-state index is 0.0986. The van der Waals surface area contributed by atoms with Crippen LogP contribution in [-0.4, -0.2) is 18.9 Å². The second-order valence-electron chi connectivity index (χ2n) is 4.33. The minimum Gasteiger partial charge on any atom is -0.384 e. The minimum absolute atomic E-state index is 0.0986.